The van der Waals surface area contributed by atoms with E-state index in [4.69, 9.17) is 9.47 Å². The van der Waals surface area contributed by atoms with Crippen molar-refractivity contribution in [3.05, 3.63) is 35.3 Å². The predicted molar refractivity (Wildman–Crippen MR) is 62.4 cm³/mol. The van der Waals surface area contributed by atoms with Crippen LogP contribution in [0.3, 0.4) is 0 Å². The van der Waals surface area contributed by atoms with Gasteiger partial charge in [-0.3, -0.25) is 0 Å². The summed E-state index contributed by atoms with van der Waals surface area (Å²) < 4.78 is 24.2. The van der Waals surface area contributed by atoms with Crippen LogP contribution >= 0.6 is 0 Å². The molecule has 0 saturated heterocycles. The lowest BCUT2D eigenvalue weighted by Crippen LogP contribution is -1.97. The van der Waals surface area contributed by atoms with Crippen molar-refractivity contribution in [3.8, 4) is 11.5 Å². The molecular weight excluding hydrogens is 207 g/mol. The van der Waals surface area contributed by atoms with Gasteiger partial charge in [0.1, 0.15) is 5.82 Å². The normalized spacial score (nSPS) is 11.4. The summed E-state index contributed by atoms with van der Waals surface area (Å²) in [6.45, 7) is 5.57. The predicted octanol–water partition coefficient (Wildman–Crippen LogP) is 3.70. The zero-order chi connectivity index (χ0) is 12.1. The van der Waals surface area contributed by atoms with E-state index in [9.17, 15) is 4.39 Å². The second-order valence-electron chi connectivity index (χ2n) is 3.45. The van der Waals surface area contributed by atoms with Gasteiger partial charge in [0.2, 0.25) is 0 Å². The summed E-state index contributed by atoms with van der Waals surface area (Å²) in [5.74, 6) is 1.41. The van der Waals surface area contributed by atoms with E-state index in [1.807, 2.05) is 26.8 Å². The SMILES string of the molecule is CC=C(C)Oc1cc(F)c(CC)cc1OC. The molecule has 0 unspecified atom stereocenters. The van der Waals surface area contributed by atoms with Gasteiger partial charge in [-0.25, -0.2) is 4.39 Å². The van der Waals surface area contributed by atoms with E-state index >= 15 is 0 Å². The summed E-state index contributed by atoms with van der Waals surface area (Å²) in [6, 6.07) is 3.04. The van der Waals surface area contributed by atoms with Gasteiger partial charge in [0.05, 0.1) is 12.9 Å². The fourth-order valence-corrected chi connectivity index (χ4v) is 1.32. The molecule has 1 rings (SSSR count). The van der Waals surface area contributed by atoms with Crippen LogP contribution in [0, 0.1) is 5.82 Å². The molecule has 0 spiro atoms. The molecule has 1 aromatic rings. The minimum absolute atomic E-state index is 0.262. The van der Waals surface area contributed by atoms with E-state index in [1.165, 1.54) is 6.07 Å². The average molecular weight is 224 g/mol. The molecule has 0 bridgehead atoms. The molecule has 3 heteroatoms. The second-order valence-corrected chi connectivity index (χ2v) is 3.45. The summed E-state index contributed by atoms with van der Waals surface area (Å²) in [4.78, 5) is 0. The molecule has 88 valence electrons. The molecule has 0 atom stereocenters. The number of hydrogen-bond donors (Lipinski definition) is 0. The van der Waals surface area contributed by atoms with Crippen molar-refractivity contribution in [2.24, 2.45) is 0 Å². The van der Waals surface area contributed by atoms with Gasteiger partial charge in [-0.2, -0.15) is 0 Å². The maximum absolute atomic E-state index is 13.6. The Morgan fingerprint density at radius 3 is 2.56 bits per heavy atom. The number of methoxy groups -OCH3 is 1. The van der Waals surface area contributed by atoms with Crippen LogP contribution in [0.15, 0.2) is 24.0 Å². The highest BCUT2D eigenvalue weighted by Crippen LogP contribution is 2.31. The van der Waals surface area contributed by atoms with Crippen molar-refractivity contribution in [2.75, 3.05) is 7.11 Å². The molecule has 0 saturated carbocycles. The molecule has 0 aromatic heterocycles. The Balaban J connectivity index is 3.13. The second kappa shape index (κ2) is 5.54. The zero-order valence-electron chi connectivity index (χ0n) is 10.1. The molecule has 0 fully saturated rings. The topological polar surface area (TPSA) is 18.5 Å². The summed E-state index contributed by atoms with van der Waals surface area (Å²) in [7, 11) is 1.55. The standard InChI is InChI=1S/C13H17FO2/c1-5-9(3)16-13-8-11(14)10(6-2)7-12(13)15-4/h5,7-8H,6H2,1-4H3. The molecule has 16 heavy (non-hydrogen) atoms. The maximum atomic E-state index is 13.6. The number of rotatable bonds is 4. The summed E-state index contributed by atoms with van der Waals surface area (Å²) >= 11 is 0. The number of hydrogen-bond acceptors (Lipinski definition) is 2. The van der Waals surface area contributed by atoms with E-state index < -0.39 is 0 Å². The van der Waals surface area contributed by atoms with Crippen molar-refractivity contribution >= 4 is 0 Å². The van der Waals surface area contributed by atoms with Gasteiger partial charge in [-0.05, 0) is 38.0 Å². The first-order valence-corrected chi connectivity index (χ1v) is 5.29. The van der Waals surface area contributed by atoms with Crippen LogP contribution < -0.4 is 9.47 Å². The van der Waals surface area contributed by atoms with E-state index in [1.54, 1.807) is 13.2 Å². The Kier molecular flexibility index (Phi) is 4.35. The molecule has 0 aliphatic rings. The van der Waals surface area contributed by atoms with Crippen molar-refractivity contribution in [1.82, 2.24) is 0 Å². The molecule has 1 aromatic carbocycles. The third-order valence-electron chi connectivity index (χ3n) is 2.39. The fraction of sp³-hybridized carbons (Fsp3) is 0.385. The first kappa shape index (κ1) is 12.6. The van der Waals surface area contributed by atoms with Crippen molar-refractivity contribution in [3.63, 3.8) is 0 Å². The van der Waals surface area contributed by atoms with Gasteiger partial charge in [0.15, 0.2) is 11.5 Å². The minimum Gasteiger partial charge on any atom is -0.493 e. The largest absolute Gasteiger partial charge is 0.493 e. The summed E-state index contributed by atoms with van der Waals surface area (Å²) in [5.41, 5.74) is 0.627. The highest BCUT2D eigenvalue weighted by Gasteiger charge is 2.11. The highest BCUT2D eigenvalue weighted by molar-refractivity contribution is 5.44. The van der Waals surface area contributed by atoms with E-state index in [0.717, 1.165) is 0 Å². The maximum Gasteiger partial charge on any atom is 0.171 e. The van der Waals surface area contributed by atoms with Crippen LogP contribution in [-0.2, 0) is 6.42 Å². The van der Waals surface area contributed by atoms with E-state index in [-0.39, 0.29) is 5.82 Å². The lowest BCUT2D eigenvalue weighted by Gasteiger charge is -2.12. The Morgan fingerprint density at radius 2 is 2.06 bits per heavy atom. The quantitative estimate of drug-likeness (QED) is 0.726. The minimum atomic E-state index is -0.262. The first-order valence-electron chi connectivity index (χ1n) is 5.29. The molecule has 0 aliphatic heterocycles. The van der Waals surface area contributed by atoms with Crippen LogP contribution in [0.5, 0.6) is 11.5 Å². The summed E-state index contributed by atoms with van der Waals surface area (Å²) in [5, 5.41) is 0. The zero-order valence-corrected chi connectivity index (χ0v) is 10.1. The van der Waals surface area contributed by atoms with Gasteiger partial charge in [-0.1, -0.05) is 6.92 Å². The number of allylic oxidation sites excluding steroid dienone is 2. The van der Waals surface area contributed by atoms with Gasteiger partial charge in [0.25, 0.3) is 0 Å². The lowest BCUT2D eigenvalue weighted by atomic mass is 10.1. The number of benzene rings is 1. The van der Waals surface area contributed by atoms with Gasteiger partial charge >= 0.3 is 0 Å². The number of ether oxygens (including phenoxy) is 2. The van der Waals surface area contributed by atoms with Crippen LogP contribution in [0.1, 0.15) is 26.3 Å². The van der Waals surface area contributed by atoms with Crippen LogP contribution in [-0.4, -0.2) is 7.11 Å². The Hall–Kier alpha value is -1.51. The Labute approximate surface area is 95.7 Å². The first-order chi connectivity index (χ1) is 7.62. The molecular formula is C13H17FO2. The third-order valence-corrected chi connectivity index (χ3v) is 2.39. The molecule has 2 nitrogen and oxygen atoms in total. The van der Waals surface area contributed by atoms with E-state index in [2.05, 4.69) is 0 Å². The molecule has 0 aliphatic carbocycles. The Morgan fingerprint density at radius 1 is 1.38 bits per heavy atom. The Bertz CT molecular complexity index is 397. The molecule has 0 amide bonds. The number of halogens is 1. The van der Waals surface area contributed by atoms with Gasteiger partial charge < -0.3 is 9.47 Å². The van der Waals surface area contributed by atoms with Crippen molar-refractivity contribution in [1.29, 1.82) is 0 Å². The third kappa shape index (κ3) is 2.75. The van der Waals surface area contributed by atoms with Crippen LogP contribution in [0.4, 0.5) is 4.39 Å². The van der Waals surface area contributed by atoms with E-state index in [0.29, 0.717) is 29.2 Å². The summed E-state index contributed by atoms with van der Waals surface area (Å²) in [6.07, 6.45) is 2.44. The lowest BCUT2D eigenvalue weighted by molar-refractivity contribution is 0.358. The average Bonchev–Trinajstić information content (AvgIpc) is 2.29. The van der Waals surface area contributed by atoms with Crippen LogP contribution in [0.2, 0.25) is 0 Å². The van der Waals surface area contributed by atoms with Crippen molar-refractivity contribution < 1.29 is 13.9 Å². The van der Waals surface area contributed by atoms with Crippen LogP contribution in [0.25, 0.3) is 0 Å². The smallest absolute Gasteiger partial charge is 0.171 e. The monoisotopic (exact) mass is 224 g/mol. The highest BCUT2D eigenvalue weighted by atomic mass is 19.1. The number of aryl methyl sites for hydroxylation is 1. The fourth-order valence-electron chi connectivity index (χ4n) is 1.32. The molecule has 0 radical (unpaired) electrons. The van der Waals surface area contributed by atoms with Crippen molar-refractivity contribution in [2.45, 2.75) is 27.2 Å². The van der Waals surface area contributed by atoms with Gasteiger partial charge in [0, 0.05) is 6.07 Å². The molecule has 0 N–H and O–H groups in total. The van der Waals surface area contributed by atoms with Gasteiger partial charge in [-0.15, -0.1) is 0 Å². The molecule has 0 heterocycles.